The van der Waals surface area contributed by atoms with Crippen LogP contribution in [0.3, 0.4) is 0 Å². The van der Waals surface area contributed by atoms with Crippen LogP contribution in [-0.2, 0) is 4.79 Å². The molecule has 0 bridgehead atoms. The van der Waals surface area contributed by atoms with Crippen LogP contribution < -0.4 is 5.32 Å². The van der Waals surface area contributed by atoms with Crippen molar-refractivity contribution in [2.75, 3.05) is 6.54 Å². The molecule has 1 aliphatic rings. The van der Waals surface area contributed by atoms with Gasteiger partial charge in [-0.05, 0) is 37.7 Å². The van der Waals surface area contributed by atoms with Gasteiger partial charge in [-0.2, -0.15) is 0 Å². The van der Waals surface area contributed by atoms with E-state index in [1.54, 1.807) is 10.3 Å². The number of carbonyl (C=O) groups is 2. The van der Waals surface area contributed by atoms with Crippen molar-refractivity contribution < 1.29 is 9.59 Å². The van der Waals surface area contributed by atoms with Gasteiger partial charge in [-0.3, -0.25) is 9.59 Å². The summed E-state index contributed by atoms with van der Waals surface area (Å²) in [6.07, 6.45) is 6.46. The molecule has 2 rings (SSSR count). The molecule has 122 valence electrons. The molecule has 0 saturated heterocycles. The van der Waals surface area contributed by atoms with Crippen molar-refractivity contribution in [2.24, 2.45) is 0 Å². The van der Waals surface area contributed by atoms with E-state index in [9.17, 15) is 9.59 Å². The van der Waals surface area contributed by atoms with E-state index in [0.717, 1.165) is 30.8 Å². The standard InChI is InChI=1S/C15H24N4O2S/c1-3-11(2)19(15(21)13-10-22-18-17-13)9-14(20)16-12-7-5-4-6-8-12/h10-12H,3-9H2,1-2H3,(H,16,20). The van der Waals surface area contributed by atoms with Crippen molar-refractivity contribution >= 4 is 23.3 Å². The Labute approximate surface area is 135 Å². The first-order valence-electron chi connectivity index (χ1n) is 7.99. The van der Waals surface area contributed by atoms with E-state index in [1.165, 1.54) is 19.3 Å². The van der Waals surface area contributed by atoms with Gasteiger partial charge < -0.3 is 10.2 Å². The Bertz CT molecular complexity index is 486. The van der Waals surface area contributed by atoms with Crippen molar-refractivity contribution in [1.29, 1.82) is 0 Å². The van der Waals surface area contributed by atoms with E-state index < -0.39 is 0 Å². The van der Waals surface area contributed by atoms with Gasteiger partial charge in [0.15, 0.2) is 5.69 Å². The summed E-state index contributed by atoms with van der Waals surface area (Å²) in [5.41, 5.74) is 0.316. The zero-order valence-corrected chi connectivity index (χ0v) is 14.1. The zero-order valence-electron chi connectivity index (χ0n) is 13.2. The lowest BCUT2D eigenvalue weighted by atomic mass is 9.95. The first-order chi connectivity index (χ1) is 10.6. The lowest BCUT2D eigenvalue weighted by Gasteiger charge is -2.29. The Balaban J connectivity index is 1.96. The van der Waals surface area contributed by atoms with Crippen molar-refractivity contribution in [3.05, 3.63) is 11.1 Å². The second kappa shape index (κ2) is 8.22. The monoisotopic (exact) mass is 324 g/mol. The van der Waals surface area contributed by atoms with Gasteiger partial charge in [0.2, 0.25) is 5.91 Å². The Morgan fingerprint density at radius 1 is 1.41 bits per heavy atom. The van der Waals surface area contributed by atoms with Gasteiger partial charge in [0, 0.05) is 17.5 Å². The SMILES string of the molecule is CCC(C)N(CC(=O)NC1CCCCC1)C(=O)c1csnn1. The van der Waals surface area contributed by atoms with E-state index in [1.807, 2.05) is 13.8 Å². The molecule has 1 aromatic heterocycles. The van der Waals surface area contributed by atoms with Gasteiger partial charge in [0.1, 0.15) is 6.54 Å². The van der Waals surface area contributed by atoms with E-state index in [2.05, 4.69) is 14.9 Å². The number of rotatable bonds is 6. The average molecular weight is 324 g/mol. The molecule has 1 atom stereocenters. The fraction of sp³-hybridized carbons (Fsp3) is 0.733. The fourth-order valence-corrected chi connectivity index (χ4v) is 3.16. The summed E-state index contributed by atoms with van der Waals surface area (Å²) < 4.78 is 3.73. The van der Waals surface area contributed by atoms with Gasteiger partial charge in [-0.1, -0.05) is 30.7 Å². The third-order valence-electron chi connectivity index (χ3n) is 4.25. The molecule has 0 spiro atoms. The second-order valence-electron chi connectivity index (χ2n) is 5.88. The van der Waals surface area contributed by atoms with E-state index in [-0.39, 0.29) is 30.4 Å². The molecule has 7 heteroatoms. The zero-order chi connectivity index (χ0) is 15.9. The van der Waals surface area contributed by atoms with Crippen LogP contribution in [0.25, 0.3) is 0 Å². The predicted octanol–water partition coefficient (Wildman–Crippen LogP) is 2.23. The molecule has 0 radical (unpaired) electrons. The predicted molar refractivity (Wildman–Crippen MR) is 85.7 cm³/mol. The van der Waals surface area contributed by atoms with Crippen LogP contribution in [0.1, 0.15) is 62.9 Å². The van der Waals surface area contributed by atoms with Crippen molar-refractivity contribution in [1.82, 2.24) is 19.8 Å². The first kappa shape index (κ1) is 16.9. The number of hydrogen-bond acceptors (Lipinski definition) is 5. The molecular weight excluding hydrogens is 300 g/mol. The van der Waals surface area contributed by atoms with Crippen LogP contribution in [0, 0.1) is 0 Å². The maximum atomic E-state index is 12.5. The number of carbonyl (C=O) groups excluding carboxylic acids is 2. The second-order valence-corrected chi connectivity index (χ2v) is 6.49. The van der Waals surface area contributed by atoms with Gasteiger partial charge >= 0.3 is 0 Å². The Kier molecular flexibility index (Phi) is 6.30. The molecule has 0 aromatic carbocycles. The minimum absolute atomic E-state index is 0.00805. The van der Waals surface area contributed by atoms with E-state index in [4.69, 9.17) is 0 Å². The minimum Gasteiger partial charge on any atom is -0.352 e. The highest BCUT2D eigenvalue weighted by molar-refractivity contribution is 7.03. The Hall–Kier alpha value is -1.50. The van der Waals surface area contributed by atoms with Crippen molar-refractivity contribution in [3.63, 3.8) is 0 Å². The number of hydrogen-bond donors (Lipinski definition) is 1. The van der Waals surface area contributed by atoms with Crippen molar-refractivity contribution in [2.45, 2.75) is 64.5 Å². The smallest absolute Gasteiger partial charge is 0.276 e. The Morgan fingerprint density at radius 2 is 2.14 bits per heavy atom. The first-order valence-corrected chi connectivity index (χ1v) is 8.82. The van der Waals surface area contributed by atoms with Crippen LogP contribution in [0.5, 0.6) is 0 Å². The number of nitrogens with one attached hydrogen (secondary N) is 1. The summed E-state index contributed by atoms with van der Waals surface area (Å²) in [7, 11) is 0. The lowest BCUT2D eigenvalue weighted by molar-refractivity contribution is -0.123. The number of amides is 2. The molecule has 2 amide bonds. The molecule has 6 nitrogen and oxygen atoms in total. The van der Waals surface area contributed by atoms with Crippen LogP contribution in [0.15, 0.2) is 5.38 Å². The average Bonchev–Trinajstić information content (AvgIpc) is 3.06. The highest BCUT2D eigenvalue weighted by Gasteiger charge is 2.26. The molecule has 1 aliphatic carbocycles. The minimum atomic E-state index is -0.220. The molecule has 1 N–H and O–H groups in total. The third-order valence-corrected chi connectivity index (χ3v) is 4.75. The largest absolute Gasteiger partial charge is 0.352 e. The summed E-state index contributed by atoms with van der Waals surface area (Å²) in [5, 5.41) is 8.51. The number of aromatic nitrogens is 2. The highest BCUT2D eigenvalue weighted by Crippen LogP contribution is 2.17. The molecule has 22 heavy (non-hydrogen) atoms. The van der Waals surface area contributed by atoms with Gasteiger partial charge in [-0.25, -0.2) is 0 Å². The third kappa shape index (κ3) is 4.50. The molecule has 0 aliphatic heterocycles. The quantitative estimate of drug-likeness (QED) is 0.870. The lowest BCUT2D eigenvalue weighted by Crippen LogP contribution is -2.47. The van der Waals surface area contributed by atoms with E-state index >= 15 is 0 Å². The Morgan fingerprint density at radius 3 is 2.73 bits per heavy atom. The molecule has 1 fully saturated rings. The summed E-state index contributed by atoms with van der Waals surface area (Å²) in [4.78, 5) is 26.4. The van der Waals surface area contributed by atoms with Gasteiger partial charge in [0.25, 0.3) is 5.91 Å². The molecular formula is C15H24N4O2S. The summed E-state index contributed by atoms with van der Waals surface area (Å²) in [6.45, 7) is 4.04. The molecule has 1 heterocycles. The van der Waals surface area contributed by atoms with Crippen LogP contribution in [-0.4, -0.2) is 44.9 Å². The molecule has 1 unspecified atom stereocenters. The van der Waals surface area contributed by atoms with Gasteiger partial charge in [-0.15, -0.1) is 5.10 Å². The summed E-state index contributed by atoms with van der Waals surface area (Å²) >= 11 is 1.14. The normalized spacial score (nSPS) is 17.0. The van der Waals surface area contributed by atoms with Crippen LogP contribution in [0.4, 0.5) is 0 Å². The molecule has 1 aromatic rings. The highest BCUT2D eigenvalue weighted by atomic mass is 32.1. The maximum Gasteiger partial charge on any atom is 0.276 e. The van der Waals surface area contributed by atoms with E-state index in [0.29, 0.717) is 5.69 Å². The van der Waals surface area contributed by atoms with Gasteiger partial charge in [0.05, 0.1) is 0 Å². The summed E-state index contributed by atoms with van der Waals surface area (Å²) in [6, 6.07) is 0.252. The fourth-order valence-electron chi connectivity index (χ4n) is 2.73. The summed E-state index contributed by atoms with van der Waals surface area (Å²) in [5.74, 6) is -0.300. The van der Waals surface area contributed by atoms with Crippen LogP contribution >= 0.6 is 11.5 Å². The van der Waals surface area contributed by atoms with Crippen LogP contribution in [0.2, 0.25) is 0 Å². The topological polar surface area (TPSA) is 75.2 Å². The number of nitrogens with zero attached hydrogens (tertiary/aromatic N) is 3. The maximum absolute atomic E-state index is 12.5. The van der Waals surface area contributed by atoms with Crippen molar-refractivity contribution in [3.8, 4) is 0 Å². The molecule has 1 saturated carbocycles.